The first-order valence-corrected chi connectivity index (χ1v) is 3.72. The van der Waals surface area contributed by atoms with E-state index >= 15 is 0 Å². The molecule has 0 aromatic heterocycles. The van der Waals surface area contributed by atoms with E-state index in [4.69, 9.17) is 14.6 Å². The van der Waals surface area contributed by atoms with Crippen molar-refractivity contribution in [2.24, 2.45) is 0 Å². The summed E-state index contributed by atoms with van der Waals surface area (Å²) >= 11 is 0. The van der Waals surface area contributed by atoms with Crippen LogP contribution in [-0.4, -0.2) is 50.1 Å². The van der Waals surface area contributed by atoms with Crippen LogP contribution in [0.3, 0.4) is 0 Å². The van der Waals surface area contributed by atoms with Gasteiger partial charge in [0.15, 0.2) is 0 Å². The summed E-state index contributed by atoms with van der Waals surface area (Å²) in [5.41, 5.74) is 0. The molecule has 0 radical (unpaired) electrons. The largest absolute Gasteiger partial charge is 0.480 e. The van der Waals surface area contributed by atoms with Gasteiger partial charge in [-0.25, -0.2) is 0 Å². The van der Waals surface area contributed by atoms with Gasteiger partial charge in [0, 0.05) is 20.8 Å². The molecule has 5 nitrogen and oxygen atoms in total. The molecule has 2 N–H and O–H groups in total. The van der Waals surface area contributed by atoms with Crippen molar-refractivity contribution < 1.29 is 19.4 Å². The molecule has 1 rings (SSSR count). The predicted molar refractivity (Wildman–Crippen MR) is 41.0 cm³/mol. The van der Waals surface area contributed by atoms with Crippen LogP contribution in [0.5, 0.6) is 0 Å². The summed E-state index contributed by atoms with van der Waals surface area (Å²) in [7, 11) is 3.03. The summed E-state index contributed by atoms with van der Waals surface area (Å²) in [5.74, 6) is -0.901. The van der Waals surface area contributed by atoms with E-state index in [1.54, 1.807) is 7.11 Å². The molecule has 1 aliphatic heterocycles. The second kappa shape index (κ2) is 3.84. The van der Waals surface area contributed by atoms with Gasteiger partial charge in [-0.1, -0.05) is 0 Å². The van der Waals surface area contributed by atoms with E-state index in [-0.39, 0.29) is 6.10 Å². The number of carboxylic acids is 1. The molecule has 12 heavy (non-hydrogen) atoms. The Morgan fingerprint density at radius 2 is 2.17 bits per heavy atom. The molecule has 0 spiro atoms. The zero-order valence-corrected chi connectivity index (χ0v) is 7.11. The van der Waals surface area contributed by atoms with Crippen LogP contribution in [-0.2, 0) is 14.3 Å². The van der Waals surface area contributed by atoms with Gasteiger partial charge in [0.05, 0.1) is 6.10 Å². The quantitative estimate of drug-likeness (QED) is 0.580. The SMILES string of the molecule is CO[C@@H]1[C@H](OC)CN[C@H]1C(=O)O. The lowest BCUT2D eigenvalue weighted by molar-refractivity contribution is -0.143. The Labute approximate surface area is 70.7 Å². The highest BCUT2D eigenvalue weighted by Crippen LogP contribution is 2.14. The summed E-state index contributed by atoms with van der Waals surface area (Å²) in [6.45, 7) is 0.520. The fourth-order valence-electron chi connectivity index (χ4n) is 1.42. The predicted octanol–water partition coefficient (Wildman–Crippen LogP) is -0.927. The third kappa shape index (κ3) is 1.57. The van der Waals surface area contributed by atoms with E-state index in [1.807, 2.05) is 0 Å². The lowest BCUT2D eigenvalue weighted by atomic mass is 10.1. The fraction of sp³-hybridized carbons (Fsp3) is 0.857. The molecule has 1 saturated heterocycles. The fourth-order valence-corrected chi connectivity index (χ4v) is 1.42. The van der Waals surface area contributed by atoms with Gasteiger partial charge < -0.3 is 14.6 Å². The topological polar surface area (TPSA) is 67.8 Å². The Morgan fingerprint density at radius 3 is 2.58 bits per heavy atom. The Hall–Kier alpha value is -0.650. The maximum absolute atomic E-state index is 10.6. The third-order valence-electron chi connectivity index (χ3n) is 2.07. The maximum Gasteiger partial charge on any atom is 0.323 e. The minimum atomic E-state index is -0.901. The van der Waals surface area contributed by atoms with Gasteiger partial charge in [0.1, 0.15) is 12.1 Å². The second-order valence-electron chi connectivity index (χ2n) is 2.70. The molecule has 1 heterocycles. The highest BCUT2D eigenvalue weighted by atomic mass is 16.5. The van der Waals surface area contributed by atoms with Crippen LogP contribution in [0.1, 0.15) is 0 Å². The van der Waals surface area contributed by atoms with Gasteiger partial charge >= 0.3 is 5.97 Å². The number of nitrogens with one attached hydrogen (secondary N) is 1. The number of methoxy groups -OCH3 is 2. The van der Waals surface area contributed by atoms with E-state index in [2.05, 4.69) is 5.32 Å². The molecule has 0 aromatic carbocycles. The minimum absolute atomic E-state index is 0.170. The Morgan fingerprint density at radius 1 is 1.50 bits per heavy atom. The van der Waals surface area contributed by atoms with Crippen LogP contribution in [0.15, 0.2) is 0 Å². The molecular formula is C7H13NO4. The molecule has 70 valence electrons. The Bertz CT molecular complexity index is 173. The standard InChI is InChI=1S/C7H13NO4/c1-11-4-3-8-5(7(9)10)6(4)12-2/h4-6,8H,3H2,1-2H3,(H,9,10)/t4-,5-,6-/m1/s1. The van der Waals surface area contributed by atoms with Gasteiger partial charge in [-0.15, -0.1) is 0 Å². The summed E-state index contributed by atoms with van der Waals surface area (Å²) in [6.07, 6.45) is -0.566. The zero-order valence-electron chi connectivity index (χ0n) is 7.11. The first-order chi connectivity index (χ1) is 5.70. The second-order valence-corrected chi connectivity index (χ2v) is 2.70. The summed E-state index contributed by atoms with van der Waals surface area (Å²) in [5, 5.41) is 11.5. The average Bonchev–Trinajstić information content (AvgIpc) is 2.46. The number of carboxylic acid groups (broad SMARTS) is 1. The molecule has 0 saturated carbocycles. The normalized spacial score (nSPS) is 35.3. The number of hydrogen-bond donors (Lipinski definition) is 2. The molecule has 0 amide bonds. The molecule has 0 unspecified atom stereocenters. The van der Waals surface area contributed by atoms with Gasteiger partial charge in [-0.3, -0.25) is 10.1 Å². The highest BCUT2D eigenvalue weighted by molar-refractivity contribution is 5.75. The van der Waals surface area contributed by atoms with E-state index in [9.17, 15) is 4.79 Å². The summed E-state index contributed by atoms with van der Waals surface area (Å²) in [4.78, 5) is 10.6. The van der Waals surface area contributed by atoms with Gasteiger partial charge in [-0.05, 0) is 0 Å². The van der Waals surface area contributed by atoms with Crippen LogP contribution < -0.4 is 5.32 Å². The van der Waals surface area contributed by atoms with Crippen molar-refractivity contribution in [3.8, 4) is 0 Å². The van der Waals surface area contributed by atoms with Crippen molar-refractivity contribution in [2.75, 3.05) is 20.8 Å². The summed E-state index contributed by atoms with van der Waals surface area (Å²) < 4.78 is 10.1. The number of carbonyl (C=O) groups is 1. The number of aliphatic carboxylic acids is 1. The van der Waals surface area contributed by atoms with Crippen molar-refractivity contribution in [3.63, 3.8) is 0 Å². The van der Waals surface area contributed by atoms with Crippen molar-refractivity contribution >= 4 is 5.97 Å². The van der Waals surface area contributed by atoms with Crippen LogP contribution in [0.2, 0.25) is 0 Å². The van der Waals surface area contributed by atoms with E-state index < -0.39 is 18.1 Å². The van der Waals surface area contributed by atoms with Crippen LogP contribution in [0.4, 0.5) is 0 Å². The lowest BCUT2D eigenvalue weighted by Crippen LogP contribution is -2.41. The van der Waals surface area contributed by atoms with Crippen LogP contribution >= 0.6 is 0 Å². The molecule has 1 aliphatic rings. The zero-order chi connectivity index (χ0) is 9.14. The first kappa shape index (κ1) is 9.44. The van der Waals surface area contributed by atoms with E-state index in [0.717, 1.165) is 0 Å². The Balaban J connectivity index is 2.62. The number of ether oxygens (including phenoxy) is 2. The van der Waals surface area contributed by atoms with Gasteiger partial charge in [-0.2, -0.15) is 0 Å². The molecule has 5 heteroatoms. The molecular weight excluding hydrogens is 162 g/mol. The van der Waals surface area contributed by atoms with Gasteiger partial charge in [0.25, 0.3) is 0 Å². The van der Waals surface area contributed by atoms with Crippen LogP contribution in [0, 0.1) is 0 Å². The molecule has 0 aliphatic carbocycles. The van der Waals surface area contributed by atoms with Gasteiger partial charge in [0.2, 0.25) is 0 Å². The average molecular weight is 175 g/mol. The van der Waals surface area contributed by atoms with Crippen molar-refractivity contribution in [1.82, 2.24) is 5.32 Å². The van der Waals surface area contributed by atoms with Crippen molar-refractivity contribution in [2.45, 2.75) is 18.2 Å². The van der Waals surface area contributed by atoms with E-state index in [0.29, 0.717) is 6.54 Å². The maximum atomic E-state index is 10.6. The first-order valence-electron chi connectivity index (χ1n) is 3.72. The summed E-state index contributed by atoms with van der Waals surface area (Å²) in [6, 6.07) is -0.653. The molecule has 1 fully saturated rings. The molecule has 0 aromatic rings. The van der Waals surface area contributed by atoms with Crippen molar-refractivity contribution in [3.05, 3.63) is 0 Å². The van der Waals surface area contributed by atoms with Crippen LogP contribution in [0.25, 0.3) is 0 Å². The molecule has 3 atom stereocenters. The number of hydrogen-bond acceptors (Lipinski definition) is 4. The smallest absolute Gasteiger partial charge is 0.323 e. The van der Waals surface area contributed by atoms with Crippen molar-refractivity contribution in [1.29, 1.82) is 0 Å². The molecule has 0 bridgehead atoms. The highest BCUT2D eigenvalue weighted by Gasteiger charge is 2.40. The lowest BCUT2D eigenvalue weighted by Gasteiger charge is -2.18. The Kier molecular flexibility index (Phi) is 3.02. The van der Waals surface area contributed by atoms with E-state index in [1.165, 1.54) is 7.11 Å². The third-order valence-corrected chi connectivity index (χ3v) is 2.07. The minimum Gasteiger partial charge on any atom is -0.480 e. The monoisotopic (exact) mass is 175 g/mol. The number of rotatable bonds is 3.